The minimum Gasteiger partial charge on any atom is -0.516 e. The summed E-state index contributed by atoms with van der Waals surface area (Å²) in [5.74, 6) is 5.90. The van der Waals surface area contributed by atoms with Crippen LogP contribution < -0.4 is 0 Å². The van der Waals surface area contributed by atoms with Gasteiger partial charge in [0.1, 0.15) is 0 Å². The molecule has 1 nitrogen and oxygen atoms in total. The summed E-state index contributed by atoms with van der Waals surface area (Å²) >= 11 is 0. The maximum Gasteiger partial charge on any atom is 0.0752 e. The molecule has 0 fully saturated rings. The van der Waals surface area contributed by atoms with Crippen LogP contribution in [0.15, 0.2) is 12.3 Å². The summed E-state index contributed by atoms with van der Waals surface area (Å²) in [6.45, 7) is 2.02. The highest BCUT2D eigenvalue weighted by Crippen LogP contribution is 1.86. The molecular formula is C8H12O. The van der Waals surface area contributed by atoms with Gasteiger partial charge >= 0.3 is 0 Å². The van der Waals surface area contributed by atoms with Gasteiger partial charge in [0.15, 0.2) is 0 Å². The lowest BCUT2D eigenvalue weighted by atomic mass is 10.3. The van der Waals surface area contributed by atoms with Gasteiger partial charge in [0.2, 0.25) is 0 Å². The van der Waals surface area contributed by atoms with E-state index in [9.17, 15) is 0 Å². The Kier molecular flexibility index (Phi) is 6.39. The molecule has 1 N–H and O–H groups in total. The van der Waals surface area contributed by atoms with E-state index in [-0.39, 0.29) is 0 Å². The smallest absolute Gasteiger partial charge is 0.0752 e. The lowest BCUT2D eigenvalue weighted by Crippen LogP contribution is -1.64. The van der Waals surface area contributed by atoms with Crippen LogP contribution in [0.4, 0.5) is 0 Å². The minimum atomic E-state index is 0.851. The van der Waals surface area contributed by atoms with Crippen molar-refractivity contribution in [3.8, 4) is 11.8 Å². The molecule has 0 atom stereocenters. The molecule has 0 saturated heterocycles. The quantitative estimate of drug-likeness (QED) is 0.340. The number of unbranched alkanes of at least 4 members (excludes halogenated alkanes) is 1. The first kappa shape index (κ1) is 8.10. The van der Waals surface area contributed by atoms with Crippen LogP contribution in [0.2, 0.25) is 0 Å². The molecule has 0 saturated carbocycles. The summed E-state index contributed by atoms with van der Waals surface area (Å²) in [5.41, 5.74) is 0. The number of allylic oxidation sites excluding steroid dienone is 1. The molecule has 0 bridgehead atoms. The van der Waals surface area contributed by atoms with Crippen molar-refractivity contribution < 1.29 is 5.11 Å². The summed E-state index contributed by atoms with van der Waals surface area (Å²) in [6, 6.07) is 0. The fourth-order valence-corrected chi connectivity index (χ4v) is 0.443. The van der Waals surface area contributed by atoms with Crippen molar-refractivity contribution in [3.05, 3.63) is 12.3 Å². The molecule has 1 heteroatoms. The van der Waals surface area contributed by atoms with Crippen molar-refractivity contribution in [2.75, 3.05) is 0 Å². The second-order valence-corrected chi connectivity index (χ2v) is 1.63. The molecule has 0 aromatic rings. The monoisotopic (exact) mass is 124 g/mol. The van der Waals surface area contributed by atoms with Gasteiger partial charge < -0.3 is 5.11 Å². The van der Waals surface area contributed by atoms with Gasteiger partial charge in [-0.15, -0.1) is 11.8 Å². The number of rotatable bonds is 2. The van der Waals surface area contributed by atoms with Crippen molar-refractivity contribution in [1.82, 2.24) is 0 Å². The predicted molar refractivity (Wildman–Crippen MR) is 39.1 cm³/mol. The molecule has 0 rings (SSSR count). The number of aliphatic hydroxyl groups excluding tert-OH is 1. The lowest BCUT2D eigenvalue weighted by Gasteiger charge is -1.78. The van der Waals surface area contributed by atoms with Crippen molar-refractivity contribution in [2.24, 2.45) is 0 Å². The molecule has 50 valence electrons. The maximum absolute atomic E-state index is 8.19. The second kappa shape index (κ2) is 7.10. The summed E-state index contributed by atoms with van der Waals surface area (Å²) in [5, 5.41) is 8.19. The van der Waals surface area contributed by atoms with Crippen LogP contribution in [0, 0.1) is 11.8 Å². The SMILES string of the molecule is CCC#CCC/C=C/O. The highest BCUT2D eigenvalue weighted by molar-refractivity contribution is 4.98. The Labute approximate surface area is 56.4 Å². The summed E-state index contributed by atoms with van der Waals surface area (Å²) < 4.78 is 0. The van der Waals surface area contributed by atoms with E-state index in [0.717, 1.165) is 25.5 Å². The molecule has 9 heavy (non-hydrogen) atoms. The average Bonchev–Trinajstić information content (AvgIpc) is 1.89. The van der Waals surface area contributed by atoms with Crippen LogP contribution in [0.25, 0.3) is 0 Å². The third-order valence-electron chi connectivity index (χ3n) is 0.843. The summed E-state index contributed by atoms with van der Waals surface area (Å²) in [4.78, 5) is 0. The fourth-order valence-electron chi connectivity index (χ4n) is 0.443. The van der Waals surface area contributed by atoms with Gasteiger partial charge in [-0.2, -0.15) is 0 Å². The van der Waals surface area contributed by atoms with E-state index in [1.165, 1.54) is 0 Å². The standard InChI is InChI=1S/C8H12O/c1-2-3-4-5-6-7-8-9/h7-9H,2,5-6H2,1H3/b8-7+. The fraction of sp³-hybridized carbons (Fsp3) is 0.500. The molecule has 0 aliphatic carbocycles. The van der Waals surface area contributed by atoms with E-state index in [2.05, 4.69) is 11.8 Å². The van der Waals surface area contributed by atoms with E-state index in [4.69, 9.17) is 5.11 Å². The van der Waals surface area contributed by atoms with E-state index < -0.39 is 0 Å². The van der Waals surface area contributed by atoms with Crippen molar-refractivity contribution in [3.63, 3.8) is 0 Å². The zero-order chi connectivity index (χ0) is 6.95. The Morgan fingerprint density at radius 3 is 2.78 bits per heavy atom. The van der Waals surface area contributed by atoms with Gasteiger partial charge in [0.25, 0.3) is 0 Å². The molecule has 0 radical (unpaired) electrons. The summed E-state index contributed by atoms with van der Waals surface area (Å²) in [6.07, 6.45) is 5.38. The van der Waals surface area contributed by atoms with Crippen LogP contribution in [-0.2, 0) is 0 Å². The van der Waals surface area contributed by atoms with Crippen molar-refractivity contribution >= 4 is 0 Å². The predicted octanol–water partition coefficient (Wildman–Crippen LogP) is 2.25. The van der Waals surface area contributed by atoms with Crippen LogP contribution >= 0.6 is 0 Å². The van der Waals surface area contributed by atoms with Crippen LogP contribution in [0.1, 0.15) is 26.2 Å². The van der Waals surface area contributed by atoms with E-state index in [0.29, 0.717) is 0 Å². The first-order valence-corrected chi connectivity index (χ1v) is 3.16. The van der Waals surface area contributed by atoms with Crippen molar-refractivity contribution in [1.29, 1.82) is 0 Å². The van der Waals surface area contributed by atoms with Gasteiger partial charge in [-0.05, 0) is 12.5 Å². The largest absolute Gasteiger partial charge is 0.516 e. The van der Waals surface area contributed by atoms with Gasteiger partial charge in [0, 0.05) is 12.8 Å². The first-order chi connectivity index (χ1) is 4.41. The second-order valence-electron chi connectivity index (χ2n) is 1.63. The molecule has 0 heterocycles. The van der Waals surface area contributed by atoms with Gasteiger partial charge in [-0.25, -0.2) is 0 Å². The Morgan fingerprint density at radius 1 is 1.44 bits per heavy atom. The first-order valence-electron chi connectivity index (χ1n) is 3.16. The van der Waals surface area contributed by atoms with E-state index >= 15 is 0 Å². The van der Waals surface area contributed by atoms with Gasteiger partial charge in [-0.1, -0.05) is 6.92 Å². The Bertz CT molecular complexity index is 125. The molecular weight excluding hydrogens is 112 g/mol. The minimum absolute atomic E-state index is 0.851. The zero-order valence-corrected chi connectivity index (χ0v) is 5.72. The average molecular weight is 124 g/mol. The van der Waals surface area contributed by atoms with E-state index in [1.54, 1.807) is 6.08 Å². The highest BCUT2D eigenvalue weighted by atomic mass is 16.2. The lowest BCUT2D eigenvalue weighted by molar-refractivity contribution is 0.471. The van der Waals surface area contributed by atoms with Crippen LogP contribution in [0.5, 0.6) is 0 Å². The molecule has 0 aliphatic heterocycles. The molecule has 0 unspecified atom stereocenters. The van der Waals surface area contributed by atoms with E-state index in [1.807, 2.05) is 6.92 Å². The summed E-state index contributed by atoms with van der Waals surface area (Å²) in [7, 11) is 0. The third kappa shape index (κ3) is 7.10. The Hall–Kier alpha value is -0.900. The van der Waals surface area contributed by atoms with Crippen LogP contribution in [-0.4, -0.2) is 5.11 Å². The molecule has 0 aromatic carbocycles. The number of hydrogen-bond acceptors (Lipinski definition) is 1. The molecule has 0 amide bonds. The van der Waals surface area contributed by atoms with Crippen LogP contribution in [0.3, 0.4) is 0 Å². The molecule has 0 aliphatic rings. The Morgan fingerprint density at radius 2 is 2.22 bits per heavy atom. The Balaban J connectivity index is 3.09. The normalized spacial score (nSPS) is 9.00. The van der Waals surface area contributed by atoms with Gasteiger partial charge in [0.05, 0.1) is 6.26 Å². The molecule has 0 aromatic heterocycles. The topological polar surface area (TPSA) is 20.2 Å². The number of hydrogen-bond donors (Lipinski definition) is 1. The highest BCUT2D eigenvalue weighted by Gasteiger charge is 1.72. The third-order valence-corrected chi connectivity index (χ3v) is 0.843. The van der Waals surface area contributed by atoms with Gasteiger partial charge in [-0.3, -0.25) is 0 Å². The maximum atomic E-state index is 8.19. The zero-order valence-electron chi connectivity index (χ0n) is 5.72. The van der Waals surface area contributed by atoms with Crippen molar-refractivity contribution in [2.45, 2.75) is 26.2 Å². The molecule has 0 spiro atoms. The number of aliphatic hydroxyl groups is 1.